The Balaban J connectivity index is 1.61. The molecule has 1 aromatic heterocycles. The third-order valence-electron chi connectivity index (χ3n) is 5.85. The first-order valence-electron chi connectivity index (χ1n) is 13.1. The fourth-order valence-electron chi connectivity index (χ4n) is 3.94. The standard InChI is InChI=1S/C29H28F8O6S/c1-4-6-7-8-19-9-12-22(18(3)13-19)24-14-20-10-11-21(15-23(20)40-24)44-17-27(32,33)42-29(36,37)43-28(34,35)41-26(30,31)16-39-25(38)5-2/h5,9-15H,2,4,6-8,16-17H2,1,3H3. The Morgan fingerprint density at radius 1 is 0.909 bits per heavy atom. The second-order valence-corrected chi connectivity index (χ2v) is 10.6. The van der Waals surface area contributed by atoms with E-state index >= 15 is 0 Å². The number of carbonyl (C=O) groups excluding carboxylic acids is 1. The average molecular weight is 657 g/mol. The van der Waals surface area contributed by atoms with E-state index in [1.54, 1.807) is 12.1 Å². The first-order valence-corrected chi connectivity index (χ1v) is 14.1. The minimum absolute atomic E-state index is 0.135. The van der Waals surface area contributed by atoms with E-state index < -0.39 is 43.1 Å². The number of thioether (sulfide) groups is 1. The Morgan fingerprint density at radius 3 is 2.23 bits per heavy atom. The van der Waals surface area contributed by atoms with Gasteiger partial charge < -0.3 is 9.15 Å². The van der Waals surface area contributed by atoms with Crippen molar-refractivity contribution in [3.05, 3.63) is 66.2 Å². The highest BCUT2D eigenvalue weighted by Crippen LogP contribution is 2.39. The van der Waals surface area contributed by atoms with Gasteiger partial charge in [-0.15, -0.1) is 29.3 Å². The van der Waals surface area contributed by atoms with Gasteiger partial charge in [0.05, 0.1) is 5.75 Å². The van der Waals surface area contributed by atoms with E-state index in [-0.39, 0.29) is 4.90 Å². The van der Waals surface area contributed by atoms with E-state index in [4.69, 9.17) is 4.42 Å². The maximum atomic E-state index is 14.2. The van der Waals surface area contributed by atoms with Gasteiger partial charge in [-0.05, 0) is 55.2 Å². The number of halogens is 8. The zero-order valence-corrected chi connectivity index (χ0v) is 24.3. The van der Waals surface area contributed by atoms with Crippen molar-refractivity contribution in [2.45, 2.75) is 69.2 Å². The molecule has 0 fully saturated rings. The Kier molecular flexibility index (Phi) is 11.5. The van der Waals surface area contributed by atoms with E-state index in [0.717, 1.165) is 36.8 Å². The van der Waals surface area contributed by atoms with Gasteiger partial charge in [0.2, 0.25) is 0 Å². The molecule has 15 heteroatoms. The predicted octanol–water partition coefficient (Wildman–Crippen LogP) is 9.30. The number of alkyl halides is 8. The van der Waals surface area contributed by atoms with Gasteiger partial charge in [0, 0.05) is 21.9 Å². The molecule has 0 N–H and O–H groups in total. The van der Waals surface area contributed by atoms with Crippen LogP contribution in [-0.4, -0.2) is 43.1 Å². The number of hydrogen-bond acceptors (Lipinski definition) is 7. The van der Waals surface area contributed by atoms with Crippen LogP contribution in [0.4, 0.5) is 35.1 Å². The van der Waals surface area contributed by atoms with Gasteiger partial charge in [-0.2, -0.15) is 17.6 Å². The predicted molar refractivity (Wildman–Crippen MR) is 145 cm³/mol. The maximum absolute atomic E-state index is 14.2. The van der Waals surface area contributed by atoms with E-state index in [0.29, 0.717) is 34.6 Å². The zero-order chi connectivity index (χ0) is 32.8. The number of hydrogen-bond donors (Lipinski definition) is 0. The number of ether oxygens (including phenoxy) is 4. The van der Waals surface area contributed by atoms with Crippen molar-refractivity contribution in [3.63, 3.8) is 0 Å². The van der Waals surface area contributed by atoms with E-state index in [2.05, 4.69) is 38.5 Å². The average Bonchev–Trinajstić information content (AvgIpc) is 3.32. The third-order valence-corrected chi connectivity index (χ3v) is 6.91. The molecule has 0 amide bonds. The normalized spacial score (nSPS) is 13.0. The molecule has 0 atom stereocenters. The van der Waals surface area contributed by atoms with Gasteiger partial charge in [-0.1, -0.05) is 44.5 Å². The second-order valence-electron chi connectivity index (χ2n) is 9.52. The minimum Gasteiger partial charge on any atom is -0.456 e. The molecule has 0 aliphatic rings. The highest BCUT2D eigenvalue weighted by atomic mass is 32.2. The molecule has 3 rings (SSSR count). The molecular weight excluding hydrogens is 628 g/mol. The molecule has 0 radical (unpaired) electrons. The number of rotatable bonds is 17. The summed E-state index contributed by atoms with van der Waals surface area (Å²) in [6, 6.07) is 12.1. The Labute approximate surface area is 251 Å². The van der Waals surface area contributed by atoms with Gasteiger partial charge >= 0.3 is 30.8 Å². The summed E-state index contributed by atoms with van der Waals surface area (Å²) in [4.78, 5) is 10.9. The largest absolute Gasteiger partial charge is 0.496 e. The van der Waals surface area contributed by atoms with Crippen molar-refractivity contribution in [1.29, 1.82) is 0 Å². The van der Waals surface area contributed by atoms with Gasteiger partial charge in [0.15, 0.2) is 6.61 Å². The number of furan rings is 1. The SMILES string of the molecule is C=CC(=O)OCC(F)(F)OC(F)(F)OC(F)(F)OC(F)(F)CSc1ccc2cc(-c3ccc(CCCCC)cc3C)oc2c1. The Morgan fingerprint density at radius 2 is 1.59 bits per heavy atom. The van der Waals surface area contributed by atoms with Gasteiger partial charge in [0.1, 0.15) is 11.3 Å². The van der Waals surface area contributed by atoms with Crippen LogP contribution >= 0.6 is 11.8 Å². The highest BCUT2D eigenvalue weighted by molar-refractivity contribution is 7.99. The molecule has 0 aliphatic heterocycles. The summed E-state index contributed by atoms with van der Waals surface area (Å²) in [5.74, 6) is -2.45. The second kappa shape index (κ2) is 14.3. The van der Waals surface area contributed by atoms with Crippen molar-refractivity contribution in [2.24, 2.45) is 0 Å². The van der Waals surface area contributed by atoms with Crippen molar-refractivity contribution < 1.29 is 63.3 Å². The topological polar surface area (TPSA) is 67.1 Å². The van der Waals surface area contributed by atoms with E-state index in [1.165, 1.54) is 17.7 Å². The molecular formula is C29H28F8O6S. The molecule has 1 heterocycles. The van der Waals surface area contributed by atoms with Gasteiger partial charge in [-0.25, -0.2) is 19.0 Å². The lowest BCUT2D eigenvalue weighted by Gasteiger charge is -2.27. The van der Waals surface area contributed by atoms with Crippen molar-refractivity contribution in [1.82, 2.24) is 0 Å². The van der Waals surface area contributed by atoms with E-state index in [1.807, 2.05) is 19.1 Å². The van der Waals surface area contributed by atoms with Crippen LogP contribution in [0.15, 0.2) is 64.4 Å². The lowest BCUT2D eigenvalue weighted by molar-refractivity contribution is -0.572. The maximum Gasteiger partial charge on any atom is 0.496 e. The minimum atomic E-state index is -5.84. The van der Waals surface area contributed by atoms with Crippen molar-refractivity contribution in [3.8, 4) is 11.3 Å². The quantitative estimate of drug-likeness (QED) is 0.0358. The zero-order valence-electron chi connectivity index (χ0n) is 23.5. The first-order chi connectivity index (χ1) is 20.4. The van der Waals surface area contributed by atoms with Crippen LogP contribution in [0.5, 0.6) is 0 Å². The molecule has 0 saturated heterocycles. The fourth-order valence-corrected chi connectivity index (χ4v) is 4.69. The number of carbonyl (C=O) groups is 1. The molecule has 0 unspecified atom stereocenters. The van der Waals surface area contributed by atoms with Crippen LogP contribution in [0, 0.1) is 6.92 Å². The number of aryl methyl sites for hydroxylation is 2. The molecule has 242 valence electrons. The summed E-state index contributed by atoms with van der Waals surface area (Å²) in [6.07, 6.45) is -16.8. The molecule has 0 bridgehead atoms. The summed E-state index contributed by atoms with van der Waals surface area (Å²) in [5, 5.41) is 0.636. The lowest BCUT2D eigenvalue weighted by atomic mass is 10.00. The van der Waals surface area contributed by atoms with Crippen LogP contribution in [0.2, 0.25) is 0 Å². The molecule has 0 saturated carbocycles. The summed E-state index contributed by atoms with van der Waals surface area (Å²) in [7, 11) is 0. The monoisotopic (exact) mass is 656 g/mol. The Bertz CT molecular complexity index is 1440. The smallest absolute Gasteiger partial charge is 0.456 e. The highest BCUT2D eigenvalue weighted by Gasteiger charge is 2.56. The van der Waals surface area contributed by atoms with Gasteiger partial charge in [-0.3, -0.25) is 0 Å². The first kappa shape index (κ1) is 35.3. The molecule has 6 nitrogen and oxygen atoms in total. The number of unbranched alkanes of at least 4 members (excludes halogenated alkanes) is 2. The number of fused-ring (bicyclic) bond motifs is 1. The van der Waals surface area contributed by atoms with Crippen LogP contribution < -0.4 is 0 Å². The molecule has 2 aromatic carbocycles. The molecule has 3 aromatic rings. The van der Waals surface area contributed by atoms with Crippen LogP contribution in [0.3, 0.4) is 0 Å². The van der Waals surface area contributed by atoms with Crippen LogP contribution in [0.1, 0.15) is 37.3 Å². The summed E-state index contributed by atoms with van der Waals surface area (Å²) in [5.41, 5.74) is 3.30. The van der Waals surface area contributed by atoms with E-state index in [9.17, 15) is 39.9 Å². The molecule has 44 heavy (non-hydrogen) atoms. The van der Waals surface area contributed by atoms with Gasteiger partial charge in [0.25, 0.3) is 0 Å². The van der Waals surface area contributed by atoms with Crippen molar-refractivity contribution in [2.75, 3.05) is 12.4 Å². The van der Waals surface area contributed by atoms with Crippen LogP contribution in [0.25, 0.3) is 22.3 Å². The van der Waals surface area contributed by atoms with Crippen LogP contribution in [-0.2, 0) is 30.2 Å². The summed E-state index contributed by atoms with van der Waals surface area (Å²) in [6.45, 7) is 4.79. The van der Waals surface area contributed by atoms with Crippen molar-refractivity contribution >= 4 is 28.7 Å². The molecule has 0 spiro atoms. The lowest BCUT2D eigenvalue weighted by Crippen LogP contribution is -2.46. The summed E-state index contributed by atoms with van der Waals surface area (Å²) >= 11 is 0.323. The number of benzene rings is 2. The fraction of sp³-hybridized carbons (Fsp3) is 0.414. The summed E-state index contributed by atoms with van der Waals surface area (Å²) < 4.78 is 128. The molecule has 0 aliphatic carbocycles. The Hall–Kier alpha value is -3.14. The third kappa shape index (κ3) is 10.8. The number of esters is 1.